The van der Waals surface area contributed by atoms with Crippen LogP contribution in [-0.4, -0.2) is 11.0 Å². The first-order valence-corrected chi connectivity index (χ1v) is 9.19. The Labute approximate surface area is 171 Å². The molecule has 5 nitrogen and oxygen atoms in total. The molecular formula is C23H18F2N3O2+. The normalized spacial score (nSPS) is 11.3. The van der Waals surface area contributed by atoms with E-state index in [9.17, 15) is 18.7 Å². The van der Waals surface area contributed by atoms with Crippen molar-refractivity contribution in [1.29, 1.82) is 0 Å². The lowest BCUT2D eigenvalue weighted by molar-refractivity contribution is -0.327. The minimum atomic E-state index is -2.18. The van der Waals surface area contributed by atoms with Gasteiger partial charge in [0.15, 0.2) is 5.60 Å². The lowest BCUT2D eigenvalue weighted by Gasteiger charge is -2.27. The molecule has 0 saturated heterocycles. The molecule has 4 N–H and O–H groups in total. The highest BCUT2D eigenvalue weighted by atomic mass is 19.1. The predicted octanol–water partition coefficient (Wildman–Crippen LogP) is 3.31. The average Bonchev–Trinajstić information content (AvgIpc) is 2.77. The number of nitrogens with one attached hydrogen (secondary N) is 3. The number of H-pyrrole nitrogens is 1. The summed E-state index contributed by atoms with van der Waals surface area (Å²) in [5.74, 6) is -1.35. The maximum absolute atomic E-state index is 13.4. The van der Waals surface area contributed by atoms with Gasteiger partial charge in [0, 0.05) is 11.5 Å². The van der Waals surface area contributed by atoms with Crippen LogP contribution in [0.25, 0.3) is 10.9 Å². The molecule has 0 radical (unpaired) electrons. The van der Waals surface area contributed by atoms with Crippen LogP contribution in [-0.2, 0) is 10.4 Å². The Bertz CT molecular complexity index is 1150. The van der Waals surface area contributed by atoms with Crippen molar-refractivity contribution in [2.24, 2.45) is 0 Å². The van der Waals surface area contributed by atoms with Gasteiger partial charge in [-0.25, -0.2) is 13.8 Å². The maximum atomic E-state index is 13.4. The van der Waals surface area contributed by atoms with Crippen molar-refractivity contribution < 1.29 is 23.7 Å². The van der Waals surface area contributed by atoms with E-state index in [0.717, 1.165) is 35.2 Å². The number of carbonyl (C=O) groups excluding carboxylic acids is 1. The molecular weight excluding hydrogens is 388 g/mol. The fourth-order valence-electron chi connectivity index (χ4n) is 3.21. The van der Waals surface area contributed by atoms with Gasteiger partial charge in [-0.2, -0.15) is 10.9 Å². The van der Waals surface area contributed by atoms with Crippen LogP contribution in [0.2, 0.25) is 0 Å². The summed E-state index contributed by atoms with van der Waals surface area (Å²) in [6, 6.07) is 21.0. The highest BCUT2D eigenvalue weighted by Crippen LogP contribution is 2.30. The minimum absolute atomic E-state index is 0.136. The van der Waals surface area contributed by atoms with Crippen molar-refractivity contribution >= 4 is 22.6 Å². The maximum Gasteiger partial charge on any atom is 0.296 e. The number of rotatable bonds is 5. The number of halogens is 2. The van der Waals surface area contributed by atoms with Gasteiger partial charge in [-0.05, 0) is 47.5 Å². The van der Waals surface area contributed by atoms with E-state index < -0.39 is 23.1 Å². The third-order valence-corrected chi connectivity index (χ3v) is 4.82. The SMILES string of the molecule is O=C(NNc1ccc2ccccc2[nH+]1)C(O)(c1ccc(F)cc1)c1ccc(F)cc1. The standard InChI is InChI=1S/C23H17F2N3O2/c24-18-10-6-16(7-11-18)23(30,17-8-12-19(25)13-9-17)22(29)28-27-21-14-5-15-3-1-2-4-20(15)26-21/h1-14,30H,(H,26,27)(H,28,29)/p+1. The Balaban J connectivity index is 1.64. The molecule has 4 aromatic rings. The Morgan fingerprint density at radius 3 is 1.97 bits per heavy atom. The molecule has 0 aliphatic rings. The molecule has 0 aliphatic heterocycles. The highest BCUT2D eigenvalue weighted by Gasteiger charge is 2.41. The van der Waals surface area contributed by atoms with Gasteiger partial charge in [0.25, 0.3) is 11.7 Å². The van der Waals surface area contributed by atoms with E-state index in [1.165, 1.54) is 24.3 Å². The molecule has 0 spiro atoms. The van der Waals surface area contributed by atoms with Crippen molar-refractivity contribution in [1.82, 2.24) is 5.43 Å². The molecule has 0 aliphatic carbocycles. The third kappa shape index (κ3) is 3.70. The Hall–Kier alpha value is -3.84. The van der Waals surface area contributed by atoms with Crippen LogP contribution in [0, 0.1) is 11.6 Å². The summed E-state index contributed by atoms with van der Waals surface area (Å²) in [5.41, 5.74) is 4.16. The molecule has 4 rings (SSSR count). The van der Waals surface area contributed by atoms with E-state index in [1.807, 2.05) is 30.3 Å². The van der Waals surface area contributed by atoms with Gasteiger partial charge >= 0.3 is 0 Å². The number of aromatic amines is 1. The highest BCUT2D eigenvalue weighted by molar-refractivity contribution is 5.90. The van der Waals surface area contributed by atoms with E-state index in [1.54, 1.807) is 6.07 Å². The van der Waals surface area contributed by atoms with E-state index in [-0.39, 0.29) is 11.1 Å². The first kappa shape index (κ1) is 19.5. The van der Waals surface area contributed by atoms with E-state index >= 15 is 0 Å². The summed E-state index contributed by atoms with van der Waals surface area (Å²) in [6.07, 6.45) is 0. The van der Waals surface area contributed by atoms with Gasteiger partial charge < -0.3 is 5.11 Å². The van der Waals surface area contributed by atoms with Crippen LogP contribution in [0.4, 0.5) is 14.6 Å². The number of fused-ring (bicyclic) bond motifs is 1. The number of carbonyl (C=O) groups is 1. The number of anilines is 1. The van der Waals surface area contributed by atoms with E-state index in [2.05, 4.69) is 15.8 Å². The molecule has 30 heavy (non-hydrogen) atoms. The summed E-state index contributed by atoms with van der Waals surface area (Å²) in [6.45, 7) is 0. The lowest BCUT2D eigenvalue weighted by Crippen LogP contribution is -2.48. The van der Waals surface area contributed by atoms with Crippen molar-refractivity contribution in [3.8, 4) is 0 Å². The molecule has 1 heterocycles. The van der Waals surface area contributed by atoms with Gasteiger partial charge in [-0.1, -0.05) is 42.5 Å². The van der Waals surface area contributed by atoms with Crippen LogP contribution in [0.3, 0.4) is 0 Å². The van der Waals surface area contributed by atoms with Gasteiger partial charge in [0.05, 0.1) is 0 Å². The van der Waals surface area contributed by atoms with Gasteiger partial charge in [-0.15, -0.1) is 0 Å². The van der Waals surface area contributed by atoms with Crippen LogP contribution in [0.5, 0.6) is 0 Å². The van der Waals surface area contributed by atoms with Gasteiger partial charge in [-0.3, -0.25) is 4.79 Å². The summed E-state index contributed by atoms with van der Waals surface area (Å²) >= 11 is 0. The zero-order valence-corrected chi connectivity index (χ0v) is 15.7. The number of benzene rings is 3. The molecule has 0 fully saturated rings. The molecule has 1 aromatic heterocycles. The first-order valence-electron chi connectivity index (χ1n) is 9.19. The van der Waals surface area contributed by atoms with Crippen molar-refractivity contribution in [3.63, 3.8) is 0 Å². The van der Waals surface area contributed by atoms with Crippen LogP contribution >= 0.6 is 0 Å². The molecule has 0 bridgehead atoms. The second-order valence-electron chi connectivity index (χ2n) is 6.76. The molecule has 0 saturated carbocycles. The number of hydrogen-bond acceptors (Lipinski definition) is 3. The smallest absolute Gasteiger partial charge is 0.296 e. The molecule has 1 amide bonds. The molecule has 3 aromatic carbocycles. The number of aliphatic hydroxyl groups is 1. The summed E-state index contributed by atoms with van der Waals surface area (Å²) in [5, 5.41) is 12.3. The summed E-state index contributed by atoms with van der Waals surface area (Å²) in [7, 11) is 0. The van der Waals surface area contributed by atoms with Crippen LogP contribution < -0.4 is 15.8 Å². The van der Waals surface area contributed by atoms with Crippen molar-refractivity contribution in [2.45, 2.75) is 5.60 Å². The van der Waals surface area contributed by atoms with E-state index in [4.69, 9.17) is 0 Å². The van der Waals surface area contributed by atoms with Crippen LogP contribution in [0.1, 0.15) is 11.1 Å². The summed E-state index contributed by atoms with van der Waals surface area (Å²) < 4.78 is 26.8. The zero-order valence-electron chi connectivity index (χ0n) is 15.7. The Kier molecular flexibility index (Phi) is 5.12. The number of para-hydroxylation sites is 1. The number of amides is 1. The topological polar surface area (TPSA) is 75.5 Å². The van der Waals surface area contributed by atoms with Gasteiger partial charge in [0.2, 0.25) is 0 Å². The molecule has 0 atom stereocenters. The third-order valence-electron chi connectivity index (χ3n) is 4.82. The number of aromatic nitrogens is 1. The Morgan fingerprint density at radius 1 is 0.800 bits per heavy atom. The van der Waals surface area contributed by atoms with Crippen molar-refractivity contribution in [3.05, 3.63) is 108 Å². The van der Waals surface area contributed by atoms with E-state index in [0.29, 0.717) is 5.82 Å². The Morgan fingerprint density at radius 2 is 1.37 bits per heavy atom. The largest absolute Gasteiger partial charge is 0.372 e. The summed E-state index contributed by atoms with van der Waals surface area (Å²) in [4.78, 5) is 16.2. The number of hydrogen-bond donors (Lipinski definition) is 3. The lowest BCUT2D eigenvalue weighted by atomic mass is 9.85. The monoisotopic (exact) mass is 406 g/mol. The molecule has 7 heteroatoms. The quantitative estimate of drug-likeness (QED) is 0.445. The number of hydrazine groups is 1. The predicted molar refractivity (Wildman–Crippen MR) is 108 cm³/mol. The zero-order chi connectivity index (χ0) is 21.1. The van der Waals surface area contributed by atoms with Crippen LogP contribution in [0.15, 0.2) is 84.9 Å². The second kappa shape index (κ2) is 7.88. The molecule has 150 valence electrons. The minimum Gasteiger partial charge on any atom is -0.372 e. The average molecular weight is 406 g/mol. The first-order chi connectivity index (χ1) is 14.5. The fraction of sp³-hybridized carbons (Fsp3) is 0.0435. The second-order valence-corrected chi connectivity index (χ2v) is 6.76. The molecule has 0 unspecified atom stereocenters. The van der Waals surface area contributed by atoms with Crippen molar-refractivity contribution in [2.75, 3.05) is 5.43 Å². The van der Waals surface area contributed by atoms with Gasteiger partial charge in [0.1, 0.15) is 17.2 Å². The fourth-order valence-corrected chi connectivity index (χ4v) is 3.21. The number of pyridine rings is 1.